The van der Waals surface area contributed by atoms with Crippen molar-refractivity contribution >= 4 is 22.6 Å². The Balaban J connectivity index is 1.53. The Morgan fingerprint density at radius 1 is 0.950 bits per heavy atom. The summed E-state index contributed by atoms with van der Waals surface area (Å²) in [4.78, 5) is 29.7. The smallest absolute Gasteiger partial charge is 0.251 e. The van der Waals surface area contributed by atoms with Crippen molar-refractivity contribution in [3.8, 4) is 16.9 Å². The van der Waals surface area contributed by atoms with E-state index >= 15 is 0 Å². The maximum atomic E-state index is 14.2. The maximum absolute atomic E-state index is 14.2. The first kappa shape index (κ1) is 26.7. The number of benzene rings is 3. The van der Waals surface area contributed by atoms with Crippen LogP contribution in [-0.4, -0.2) is 26.3 Å². The molecule has 1 amide bonds. The second kappa shape index (κ2) is 11.1. The highest BCUT2D eigenvalue weighted by atomic mass is 19.1. The number of nitrogens with zero attached hydrogens (tertiary/aromatic N) is 2. The van der Waals surface area contributed by atoms with Crippen LogP contribution in [0.2, 0.25) is 0 Å². The molecule has 3 N–H and O–H groups in total. The van der Waals surface area contributed by atoms with E-state index in [0.29, 0.717) is 27.9 Å². The zero-order valence-corrected chi connectivity index (χ0v) is 21.2. The van der Waals surface area contributed by atoms with E-state index in [1.165, 1.54) is 30.5 Å². The molecule has 0 unspecified atom stereocenters. The number of hydrogen-bond donors (Lipinski definition) is 2. The molecule has 5 rings (SSSR count). The highest BCUT2D eigenvalue weighted by molar-refractivity contribution is 5.94. The minimum absolute atomic E-state index is 0.00843. The number of carbonyl (C=O) groups is 2. The zero-order chi connectivity index (χ0) is 28.4. The van der Waals surface area contributed by atoms with Crippen LogP contribution in [0.15, 0.2) is 85.2 Å². The second-order valence-corrected chi connectivity index (χ2v) is 9.60. The van der Waals surface area contributed by atoms with Crippen LogP contribution in [0.25, 0.3) is 22.0 Å². The maximum Gasteiger partial charge on any atom is 0.251 e. The van der Waals surface area contributed by atoms with Crippen LogP contribution in [0.1, 0.15) is 34.0 Å². The fourth-order valence-corrected chi connectivity index (χ4v) is 4.99. The Kier molecular flexibility index (Phi) is 7.37. The van der Waals surface area contributed by atoms with E-state index in [4.69, 9.17) is 5.73 Å². The number of fused-ring (bicyclic) bond motifs is 1. The number of amides is 1. The molecule has 6 nitrogen and oxygen atoms in total. The minimum atomic E-state index is -0.934. The molecule has 0 bridgehead atoms. The number of aromatic nitrogens is 2. The van der Waals surface area contributed by atoms with Crippen molar-refractivity contribution in [1.29, 1.82) is 0 Å². The van der Waals surface area contributed by atoms with Gasteiger partial charge in [0.05, 0.1) is 23.3 Å². The SMILES string of the molecule is NC(=O)c1cc(-c2cccnc2[C@@H](CC(=O)Cn2ccc3ccc(O)cc32)Cc2cc(F)cc(F)c2)ccc1F. The molecule has 0 saturated carbocycles. The normalized spacial score (nSPS) is 12.0. The van der Waals surface area contributed by atoms with Gasteiger partial charge in [0.15, 0.2) is 5.78 Å². The summed E-state index contributed by atoms with van der Waals surface area (Å²) in [5.41, 5.74) is 7.48. The molecule has 1 atom stereocenters. The first-order chi connectivity index (χ1) is 19.2. The third-order valence-corrected chi connectivity index (χ3v) is 6.75. The van der Waals surface area contributed by atoms with Gasteiger partial charge >= 0.3 is 0 Å². The summed E-state index contributed by atoms with van der Waals surface area (Å²) in [6.45, 7) is -0.00843. The number of carbonyl (C=O) groups excluding carboxylic acids is 2. The molecule has 202 valence electrons. The first-order valence-electron chi connectivity index (χ1n) is 12.5. The highest BCUT2D eigenvalue weighted by Gasteiger charge is 2.23. The van der Waals surface area contributed by atoms with Crippen LogP contribution in [0.5, 0.6) is 5.75 Å². The van der Waals surface area contributed by atoms with Crippen LogP contribution < -0.4 is 5.73 Å². The average Bonchev–Trinajstić information content (AvgIpc) is 3.29. The summed E-state index contributed by atoms with van der Waals surface area (Å²) in [5, 5.41) is 10.8. The summed E-state index contributed by atoms with van der Waals surface area (Å²) in [5.74, 6) is -3.93. The van der Waals surface area contributed by atoms with Crippen LogP contribution in [0.3, 0.4) is 0 Å². The number of phenolic OH excluding ortho intramolecular Hbond substituents is 1. The van der Waals surface area contributed by atoms with Gasteiger partial charge < -0.3 is 15.4 Å². The third kappa shape index (κ3) is 5.73. The monoisotopic (exact) mass is 543 g/mol. The van der Waals surface area contributed by atoms with Gasteiger partial charge in [0.25, 0.3) is 5.91 Å². The van der Waals surface area contributed by atoms with E-state index in [0.717, 1.165) is 17.5 Å². The van der Waals surface area contributed by atoms with E-state index in [9.17, 15) is 27.9 Å². The molecule has 2 aromatic heterocycles. The van der Waals surface area contributed by atoms with E-state index in [1.54, 1.807) is 41.1 Å². The molecule has 2 heterocycles. The van der Waals surface area contributed by atoms with Crippen LogP contribution >= 0.6 is 0 Å². The molecule has 0 saturated heterocycles. The number of nitrogens with two attached hydrogens (primary N) is 1. The van der Waals surface area contributed by atoms with Crippen molar-refractivity contribution in [3.63, 3.8) is 0 Å². The van der Waals surface area contributed by atoms with Crippen LogP contribution in [-0.2, 0) is 17.8 Å². The number of Topliss-reactive ketones (excluding diaryl/α,β-unsaturated/α-hetero) is 1. The Bertz CT molecular complexity index is 1730. The van der Waals surface area contributed by atoms with Gasteiger partial charge in [0.1, 0.15) is 23.2 Å². The van der Waals surface area contributed by atoms with Gasteiger partial charge in [-0.25, -0.2) is 13.2 Å². The van der Waals surface area contributed by atoms with Crippen molar-refractivity contribution in [2.75, 3.05) is 0 Å². The fourth-order valence-electron chi connectivity index (χ4n) is 4.99. The molecule has 9 heteroatoms. The van der Waals surface area contributed by atoms with Gasteiger partial charge in [0.2, 0.25) is 0 Å². The van der Waals surface area contributed by atoms with Gasteiger partial charge in [-0.05, 0) is 71.5 Å². The number of aromatic hydroxyl groups is 1. The molecule has 0 fully saturated rings. The summed E-state index contributed by atoms with van der Waals surface area (Å²) >= 11 is 0. The standard InChI is InChI=1S/C31H24F3N3O3/c32-22-11-18(12-23(33)15-22)10-21(13-25(39)17-37-9-7-19-3-5-24(38)16-29(19)37)30-26(2-1-8-36-30)20-4-6-28(34)27(14-20)31(35)40/h1-9,11-12,14-16,21,38H,10,13,17H2,(H2,35,40)/t21-/m1/s1. The van der Waals surface area contributed by atoms with Crippen LogP contribution in [0, 0.1) is 17.5 Å². The number of pyridine rings is 1. The molecular formula is C31H24F3N3O3. The molecule has 40 heavy (non-hydrogen) atoms. The van der Waals surface area contributed by atoms with Crippen molar-refractivity contribution in [2.45, 2.75) is 25.3 Å². The van der Waals surface area contributed by atoms with Crippen LogP contribution in [0.4, 0.5) is 13.2 Å². The quantitative estimate of drug-likeness (QED) is 0.242. The lowest BCUT2D eigenvalue weighted by Crippen LogP contribution is -2.17. The van der Waals surface area contributed by atoms with E-state index in [1.807, 2.05) is 6.07 Å². The summed E-state index contributed by atoms with van der Waals surface area (Å²) in [6, 6.07) is 17.2. The van der Waals surface area contributed by atoms with Gasteiger partial charge in [-0.15, -0.1) is 0 Å². The molecule has 0 spiro atoms. The Hall–Kier alpha value is -4.92. The largest absolute Gasteiger partial charge is 0.508 e. The van der Waals surface area contributed by atoms with Crippen molar-refractivity contribution in [2.24, 2.45) is 5.73 Å². The van der Waals surface area contributed by atoms with Crippen molar-refractivity contribution in [1.82, 2.24) is 9.55 Å². The zero-order valence-electron chi connectivity index (χ0n) is 21.2. The molecule has 0 aliphatic rings. The highest BCUT2D eigenvalue weighted by Crippen LogP contribution is 2.34. The van der Waals surface area contributed by atoms with Crippen molar-refractivity contribution < 1.29 is 27.9 Å². The number of phenols is 1. The fraction of sp³-hybridized carbons (Fsp3) is 0.129. The predicted octanol–water partition coefficient (Wildman–Crippen LogP) is 5.91. The topological polar surface area (TPSA) is 98.2 Å². The Morgan fingerprint density at radius 2 is 1.73 bits per heavy atom. The molecule has 5 aromatic rings. The number of primary amides is 1. The molecule has 0 aliphatic heterocycles. The first-order valence-corrected chi connectivity index (χ1v) is 12.5. The number of halogens is 3. The molecule has 0 radical (unpaired) electrons. The summed E-state index contributed by atoms with van der Waals surface area (Å²) in [7, 11) is 0. The van der Waals surface area contributed by atoms with Crippen molar-refractivity contribution in [3.05, 3.63) is 119 Å². The van der Waals surface area contributed by atoms with E-state index in [-0.39, 0.29) is 36.5 Å². The summed E-state index contributed by atoms with van der Waals surface area (Å²) < 4.78 is 44.0. The van der Waals surface area contributed by atoms with E-state index in [2.05, 4.69) is 4.98 Å². The van der Waals surface area contributed by atoms with Gasteiger partial charge in [-0.2, -0.15) is 0 Å². The second-order valence-electron chi connectivity index (χ2n) is 9.60. The lowest BCUT2D eigenvalue weighted by Gasteiger charge is -2.20. The lowest BCUT2D eigenvalue weighted by atomic mass is 9.86. The average molecular weight is 544 g/mol. The minimum Gasteiger partial charge on any atom is -0.508 e. The number of ketones is 1. The number of hydrogen-bond acceptors (Lipinski definition) is 4. The summed E-state index contributed by atoms with van der Waals surface area (Å²) in [6.07, 6.45) is 3.32. The molecule has 0 aliphatic carbocycles. The Morgan fingerprint density at radius 3 is 2.48 bits per heavy atom. The molecular weight excluding hydrogens is 519 g/mol. The predicted molar refractivity (Wildman–Crippen MR) is 144 cm³/mol. The number of rotatable bonds is 9. The van der Waals surface area contributed by atoms with Gasteiger partial charge in [-0.1, -0.05) is 12.1 Å². The lowest BCUT2D eigenvalue weighted by molar-refractivity contribution is -0.120. The van der Waals surface area contributed by atoms with E-state index < -0.39 is 29.3 Å². The van der Waals surface area contributed by atoms with Gasteiger partial charge in [0, 0.05) is 42.4 Å². The third-order valence-electron chi connectivity index (χ3n) is 6.75. The van der Waals surface area contributed by atoms with Gasteiger partial charge in [-0.3, -0.25) is 14.6 Å². The molecule has 3 aromatic carbocycles. The Labute approximate surface area is 227 Å².